The first-order valence-electron chi connectivity index (χ1n) is 9.17. The molecular weight excluding hydrogens is 324 g/mol. The van der Waals surface area contributed by atoms with E-state index in [1.54, 1.807) is 6.20 Å². The van der Waals surface area contributed by atoms with Gasteiger partial charge in [0, 0.05) is 30.5 Å². The first kappa shape index (κ1) is 16.7. The fraction of sp³-hybridized carbons (Fsp3) is 0.350. The van der Waals surface area contributed by atoms with E-state index in [0.29, 0.717) is 12.0 Å². The highest BCUT2D eigenvalue weighted by Gasteiger charge is 2.20. The Labute approximate surface area is 153 Å². The van der Waals surface area contributed by atoms with Crippen LogP contribution in [-0.4, -0.2) is 50.8 Å². The van der Waals surface area contributed by atoms with E-state index < -0.39 is 0 Å². The summed E-state index contributed by atoms with van der Waals surface area (Å²) >= 11 is 0. The minimum Gasteiger partial charge on any atom is -0.354 e. The Hall–Kier alpha value is -2.73. The molecule has 0 bridgehead atoms. The minimum atomic E-state index is 0.676. The predicted molar refractivity (Wildman–Crippen MR) is 103 cm³/mol. The van der Waals surface area contributed by atoms with Gasteiger partial charge in [0.15, 0.2) is 0 Å². The molecule has 4 rings (SSSR count). The average molecular weight is 348 g/mol. The zero-order valence-electron chi connectivity index (χ0n) is 15.0. The van der Waals surface area contributed by atoms with Crippen LogP contribution in [0, 0.1) is 0 Å². The van der Waals surface area contributed by atoms with Crippen molar-refractivity contribution in [1.29, 1.82) is 0 Å². The highest BCUT2D eigenvalue weighted by molar-refractivity contribution is 5.58. The summed E-state index contributed by atoms with van der Waals surface area (Å²) in [7, 11) is 2.21. The number of aromatic nitrogens is 4. The van der Waals surface area contributed by atoms with Crippen molar-refractivity contribution in [3.8, 4) is 16.9 Å². The quantitative estimate of drug-likeness (QED) is 0.741. The molecule has 0 aliphatic carbocycles. The lowest BCUT2D eigenvalue weighted by atomic mass is 10.1. The summed E-state index contributed by atoms with van der Waals surface area (Å²) in [6.45, 7) is 2.10. The fourth-order valence-corrected chi connectivity index (χ4v) is 3.48. The number of nitrogens with one attached hydrogen (secondary N) is 1. The van der Waals surface area contributed by atoms with Gasteiger partial charge in [-0.2, -0.15) is 5.10 Å². The van der Waals surface area contributed by atoms with Crippen molar-refractivity contribution in [1.82, 2.24) is 24.6 Å². The predicted octanol–water partition coefficient (Wildman–Crippen LogP) is 3.23. The number of benzene rings is 1. The van der Waals surface area contributed by atoms with E-state index in [-0.39, 0.29) is 0 Å². The SMILES string of the molecule is CN1CCCC1CCNc1nccc(-c2cnn(-c3ccccc3)c2)n1. The van der Waals surface area contributed by atoms with Gasteiger partial charge in [0.2, 0.25) is 5.95 Å². The standard InChI is InChI=1S/C20H24N6/c1-25-13-5-8-17(25)9-11-21-20-22-12-10-19(24-20)16-14-23-26(15-16)18-6-3-2-4-7-18/h2-4,6-7,10,12,14-15,17H,5,8-9,11,13H2,1H3,(H,21,22,24). The number of hydrogen-bond acceptors (Lipinski definition) is 5. The van der Waals surface area contributed by atoms with E-state index in [0.717, 1.165) is 29.9 Å². The molecule has 3 heterocycles. The van der Waals surface area contributed by atoms with Gasteiger partial charge in [0.25, 0.3) is 0 Å². The lowest BCUT2D eigenvalue weighted by molar-refractivity contribution is 0.301. The Balaban J connectivity index is 1.42. The second kappa shape index (κ2) is 7.66. The molecule has 0 spiro atoms. The Kier molecular flexibility index (Phi) is 4.93. The number of anilines is 1. The molecule has 1 fully saturated rings. The highest BCUT2D eigenvalue weighted by Crippen LogP contribution is 2.20. The molecule has 3 aromatic rings. The molecule has 1 atom stereocenters. The summed E-state index contributed by atoms with van der Waals surface area (Å²) in [5.74, 6) is 0.676. The summed E-state index contributed by atoms with van der Waals surface area (Å²) in [4.78, 5) is 11.4. The van der Waals surface area contributed by atoms with E-state index in [1.807, 2.05) is 53.5 Å². The molecule has 6 nitrogen and oxygen atoms in total. The third kappa shape index (κ3) is 3.75. The van der Waals surface area contributed by atoms with Crippen molar-refractivity contribution in [2.45, 2.75) is 25.3 Å². The monoisotopic (exact) mass is 348 g/mol. The molecular formula is C20H24N6. The molecule has 0 amide bonds. The third-order valence-electron chi connectivity index (χ3n) is 4.99. The molecule has 2 aromatic heterocycles. The number of nitrogens with zero attached hydrogens (tertiary/aromatic N) is 5. The van der Waals surface area contributed by atoms with Gasteiger partial charge in [-0.1, -0.05) is 18.2 Å². The Morgan fingerprint density at radius 2 is 2.08 bits per heavy atom. The van der Waals surface area contributed by atoms with Crippen LogP contribution in [0.25, 0.3) is 16.9 Å². The van der Waals surface area contributed by atoms with Crippen LogP contribution < -0.4 is 5.32 Å². The first-order valence-corrected chi connectivity index (χ1v) is 9.17. The average Bonchev–Trinajstić information content (AvgIpc) is 3.33. The van der Waals surface area contributed by atoms with Gasteiger partial charge in [-0.15, -0.1) is 0 Å². The minimum absolute atomic E-state index is 0.676. The van der Waals surface area contributed by atoms with E-state index in [2.05, 4.69) is 32.3 Å². The lowest BCUT2D eigenvalue weighted by Crippen LogP contribution is -2.27. The normalized spacial score (nSPS) is 17.5. The summed E-state index contributed by atoms with van der Waals surface area (Å²) in [6.07, 6.45) is 9.35. The maximum absolute atomic E-state index is 4.64. The largest absolute Gasteiger partial charge is 0.354 e. The van der Waals surface area contributed by atoms with Gasteiger partial charge in [-0.25, -0.2) is 14.6 Å². The molecule has 0 radical (unpaired) electrons. The van der Waals surface area contributed by atoms with E-state index in [9.17, 15) is 0 Å². The highest BCUT2D eigenvalue weighted by atomic mass is 15.3. The molecule has 1 N–H and O–H groups in total. The molecule has 0 saturated carbocycles. The van der Waals surface area contributed by atoms with Gasteiger partial charge in [0.05, 0.1) is 17.6 Å². The molecule has 1 unspecified atom stereocenters. The Morgan fingerprint density at radius 1 is 1.19 bits per heavy atom. The van der Waals surface area contributed by atoms with Crippen LogP contribution in [-0.2, 0) is 0 Å². The van der Waals surface area contributed by atoms with Gasteiger partial charge in [-0.05, 0) is 51.1 Å². The summed E-state index contributed by atoms with van der Waals surface area (Å²) in [5.41, 5.74) is 2.89. The van der Waals surface area contributed by atoms with E-state index >= 15 is 0 Å². The molecule has 134 valence electrons. The molecule has 26 heavy (non-hydrogen) atoms. The van der Waals surface area contributed by atoms with Crippen molar-refractivity contribution < 1.29 is 0 Å². The van der Waals surface area contributed by atoms with Crippen LogP contribution in [0.5, 0.6) is 0 Å². The smallest absolute Gasteiger partial charge is 0.223 e. The fourth-order valence-electron chi connectivity index (χ4n) is 3.48. The Morgan fingerprint density at radius 3 is 2.88 bits per heavy atom. The van der Waals surface area contributed by atoms with E-state index in [1.165, 1.54) is 19.4 Å². The molecule has 6 heteroatoms. The maximum Gasteiger partial charge on any atom is 0.223 e. The molecule has 1 saturated heterocycles. The van der Waals surface area contributed by atoms with Crippen molar-refractivity contribution in [3.05, 3.63) is 55.0 Å². The van der Waals surface area contributed by atoms with Crippen LogP contribution in [0.4, 0.5) is 5.95 Å². The zero-order valence-corrected chi connectivity index (χ0v) is 15.0. The third-order valence-corrected chi connectivity index (χ3v) is 4.99. The van der Waals surface area contributed by atoms with Gasteiger partial charge in [0.1, 0.15) is 0 Å². The summed E-state index contributed by atoms with van der Waals surface area (Å²) in [5, 5.41) is 7.81. The number of rotatable bonds is 6. The van der Waals surface area contributed by atoms with Gasteiger partial charge in [-0.3, -0.25) is 0 Å². The zero-order chi connectivity index (χ0) is 17.8. The Bertz CT molecular complexity index is 844. The van der Waals surface area contributed by atoms with Crippen molar-refractivity contribution in [2.75, 3.05) is 25.5 Å². The van der Waals surface area contributed by atoms with E-state index in [4.69, 9.17) is 0 Å². The second-order valence-corrected chi connectivity index (χ2v) is 6.77. The first-order chi connectivity index (χ1) is 12.8. The topological polar surface area (TPSA) is 58.9 Å². The molecule has 1 aliphatic rings. The summed E-state index contributed by atoms with van der Waals surface area (Å²) in [6, 6.07) is 12.7. The molecule has 1 aliphatic heterocycles. The van der Waals surface area contributed by atoms with Gasteiger partial charge < -0.3 is 10.2 Å². The maximum atomic E-state index is 4.64. The van der Waals surface area contributed by atoms with Crippen LogP contribution >= 0.6 is 0 Å². The number of para-hydroxylation sites is 1. The van der Waals surface area contributed by atoms with Crippen LogP contribution in [0.15, 0.2) is 55.0 Å². The van der Waals surface area contributed by atoms with Crippen molar-refractivity contribution >= 4 is 5.95 Å². The number of likely N-dealkylation sites (tertiary alicyclic amines) is 1. The second-order valence-electron chi connectivity index (χ2n) is 6.77. The molecule has 1 aromatic carbocycles. The number of hydrogen-bond donors (Lipinski definition) is 1. The van der Waals surface area contributed by atoms with Crippen LogP contribution in [0.1, 0.15) is 19.3 Å². The van der Waals surface area contributed by atoms with Gasteiger partial charge >= 0.3 is 0 Å². The van der Waals surface area contributed by atoms with Crippen LogP contribution in [0.3, 0.4) is 0 Å². The van der Waals surface area contributed by atoms with Crippen LogP contribution in [0.2, 0.25) is 0 Å². The summed E-state index contributed by atoms with van der Waals surface area (Å²) < 4.78 is 1.86. The van der Waals surface area contributed by atoms with Crippen molar-refractivity contribution in [3.63, 3.8) is 0 Å². The van der Waals surface area contributed by atoms with Crippen molar-refractivity contribution in [2.24, 2.45) is 0 Å². The lowest BCUT2D eigenvalue weighted by Gasteiger charge is -2.19.